The lowest BCUT2D eigenvalue weighted by Gasteiger charge is -2.25. The number of thiophene rings is 1. The SMILES string of the molecule is c1ccc(N(c2ccccc2)c2ccc(-c3ccc4[nH]c5c(ccc6c5c5cc7c(cc5n6-c5ccccc5)sc5ccccc57)c4c3)cc2)cc1. The highest BCUT2D eigenvalue weighted by Gasteiger charge is 2.20. The standard InChI is InChI=1S/C48H31N3S/c1-4-12-33(13-5-1)50(34-14-6-2-7-15-34)36-23-20-31(21-24-36)32-22-26-42-39(28-32)38-25-27-43-47(48(38)49-42)41-29-40-37-18-10-11-19-45(37)52-46(40)30-44(41)51(43)35-16-8-3-9-17-35/h1-30,49H. The van der Waals surface area contributed by atoms with Crippen LogP contribution in [0.4, 0.5) is 17.1 Å². The van der Waals surface area contributed by atoms with Crippen LogP contribution in [0.15, 0.2) is 182 Å². The fourth-order valence-electron chi connectivity index (χ4n) is 8.13. The molecule has 0 saturated heterocycles. The van der Waals surface area contributed by atoms with Crippen LogP contribution >= 0.6 is 11.3 Å². The minimum Gasteiger partial charge on any atom is -0.354 e. The normalized spacial score (nSPS) is 11.8. The molecule has 0 fully saturated rings. The van der Waals surface area contributed by atoms with E-state index in [2.05, 4.69) is 196 Å². The van der Waals surface area contributed by atoms with Crippen molar-refractivity contribution in [2.24, 2.45) is 0 Å². The summed E-state index contributed by atoms with van der Waals surface area (Å²) >= 11 is 1.87. The minimum atomic E-state index is 1.12. The Balaban J connectivity index is 1.08. The van der Waals surface area contributed by atoms with E-state index in [1.54, 1.807) is 0 Å². The Labute approximate surface area is 304 Å². The molecular weight excluding hydrogens is 651 g/mol. The summed E-state index contributed by atoms with van der Waals surface area (Å²) in [7, 11) is 0. The third kappa shape index (κ3) is 4.45. The van der Waals surface area contributed by atoms with Crippen LogP contribution in [0.5, 0.6) is 0 Å². The van der Waals surface area contributed by atoms with Gasteiger partial charge in [0, 0.05) is 70.0 Å². The number of benzene rings is 8. The number of rotatable bonds is 5. The highest BCUT2D eigenvalue weighted by Crippen LogP contribution is 2.44. The molecule has 0 bridgehead atoms. The van der Waals surface area contributed by atoms with E-state index < -0.39 is 0 Å². The number of H-pyrrole nitrogens is 1. The molecule has 4 heteroatoms. The smallest absolute Gasteiger partial charge is 0.0566 e. The van der Waals surface area contributed by atoms with Crippen molar-refractivity contribution < 1.29 is 0 Å². The molecule has 0 unspecified atom stereocenters. The van der Waals surface area contributed by atoms with Crippen molar-refractivity contribution in [1.82, 2.24) is 9.55 Å². The van der Waals surface area contributed by atoms with Crippen LogP contribution in [0, 0.1) is 0 Å². The Kier molecular flexibility index (Phi) is 6.42. The maximum Gasteiger partial charge on any atom is 0.0566 e. The second kappa shape index (κ2) is 11.5. The van der Waals surface area contributed by atoms with Gasteiger partial charge in [0.25, 0.3) is 0 Å². The molecular formula is C48H31N3S. The molecule has 8 aromatic carbocycles. The first-order valence-corrected chi connectivity index (χ1v) is 18.5. The summed E-state index contributed by atoms with van der Waals surface area (Å²) < 4.78 is 5.07. The molecule has 0 aliphatic heterocycles. The summed E-state index contributed by atoms with van der Waals surface area (Å²) in [5.74, 6) is 0. The van der Waals surface area contributed by atoms with Gasteiger partial charge >= 0.3 is 0 Å². The van der Waals surface area contributed by atoms with Crippen LogP contribution in [-0.2, 0) is 0 Å². The van der Waals surface area contributed by atoms with Crippen molar-refractivity contribution in [3.63, 3.8) is 0 Å². The Morgan fingerprint density at radius 1 is 0.423 bits per heavy atom. The first-order chi connectivity index (χ1) is 25.8. The van der Waals surface area contributed by atoms with Crippen molar-refractivity contribution in [1.29, 1.82) is 0 Å². The molecule has 0 amide bonds. The molecule has 0 spiro atoms. The molecule has 0 saturated carbocycles. The molecule has 0 radical (unpaired) electrons. The maximum atomic E-state index is 3.88. The summed E-state index contributed by atoms with van der Waals surface area (Å²) in [5, 5.41) is 7.64. The monoisotopic (exact) mass is 681 g/mol. The first-order valence-electron chi connectivity index (χ1n) is 17.7. The average Bonchev–Trinajstić information content (AvgIpc) is 3.87. The number of nitrogens with zero attached hydrogens (tertiary/aromatic N) is 2. The molecule has 244 valence electrons. The van der Waals surface area contributed by atoms with Gasteiger partial charge in [-0.3, -0.25) is 0 Å². The molecule has 0 atom stereocenters. The van der Waals surface area contributed by atoms with Crippen molar-refractivity contribution in [2.45, 2.75) is 0 Å². The average molecular weight is 682 g/mol. The van der Waals surface area contributed by atoms with Crippen LogP contribution in [0.25, 0.3) is 80.6 Å². The number of para-hydroxylation sites is 3. The predicted octanol–water partition coefficient (Wildman–Crippen LogP) is 13.9. The van der Waals surface area contributed by atoms with Crippen LogP contribution in [0.2, 0.25) is 0 Å². The van der Waals surface area contributed by atoms with Crippen LogP contribution in [0.3, 0.4) is 0 Å². The fourth-order valence-corrected chi connectivity index (χ4v) is 9.25. The Morgan fingerprint density at radius 3 is 1.83 bits per heavy atom. The van der Waals surface area contributed by atoms with Gasteiger partial charge in [0.15, 0.2) is 0 Å². The van der Waals surface area contributed by atoms with E-state index in [1.807, 2.05) is 11.3 Å². The lowest BCUT2D eigenvalue weighted by Crippen LogP contribution is -2.09. The zero-order valence-corrected chi connectivity index (χ0v) is 28.9. The summed E-state index contributed by atoms with van der Waals surface area (Å²) in [4.78, 5) is 6.18. The summed E-state index contributed by atoms with van der Waals surface area (Å²) in [6, 6.07) is 65.9. The van der Waals surface area contributed by atoms with Gasteiger partial charge in [0.2, 0.25) is 0 Å². The molecule has 3 heterocycles. The predicted molar refractivity (Wildman–Crippen MR) is 223 cm³/mol. The number of anilines is 3. The van der Waals surface area contributed by atoms with E-state index in [1.165, 1.54) is 75.1 Å². The molecule has 0 aliphatic rings. The second-order valence-electron chi connectivity index (χ2n) is 13.5. The molecule has 52 heavy (non-hydrogen) atoms. The zero-order chi connectivity index (χ0) is 34.2. The molecule has 3 nitrogen and oxygen atoms in total. The number of fused-ring (bicyclic) bond motifs is 10. The molecule has 11 aromatic rings. The first kappa shape index (κ1) is 29.1. The quantitative estimate of drug-likeness (QED) is 0.192. The number of nitrogens with one attached hydrogen (secondary N) is 1. The molecule has 3 aromatic heterocycles. The number of hydrogen-bond donors (Lipinski definition) is 1. The van der Waals surface area contributed by atoms with E-state index in [-0.39, 0.29) is 0 Å². The van der Waals surface area contributed by atoms with Gasteiger partial charge in [-0.2, -0.15) is 0 Å². The van der Waals surface area contributed by atoms with Gasteiger partial charge in [-0.1, -0.05) is 97.1 Å². The number of aromatic nitrogens is 2. The third-order valence-corrected chi connectivity index (χ3v) is 11.6. The van der Waals surface area contributed by atoms with Gasteiger partial charge in [0.05, 0.1) is 16.6 Å². The molecule has 1 N–H and O–H groups in total. The summed E-state index contributed by atoms with van der Waals surface area (Å²) in [6.07, 6.45) is 0. The largest absolute Gasteiger partial charge is 0.354 e. The van der Waals surface area contributed by atoms with E-state index in [0.717, 1.165) is 22.6 Å². The van der Waals surface area contributed by atoms with Gasteiger partial charge in [0.1, 0.15) is 0 Å². The summed E-state index contributed by atoms with van der Waals surface area (Å²) in [6.45, 7) is 0. The number of aromatic amines is 1. The van der Waals surface area contributed by atoms with Crippen molar-refractivity contribution in [3.05, 3.63) is 182 Å². The lowest BCUT2D eigenvalue weighted by molar-refractivity contribution is 1.18. The van der Waals surface area contributed by atoms with E-state index in [9.17, 15) is 0 Å². The van der Waals surface area contributed by atoms with Crippen LogP contribution in [-0.4, -0.2) is 9.55 Å². The maximum absolute atomic E-state index is 3.88. The topological polar surface area (TPSA) is 24.0 Å². The summed E-state index contributed by atoms with van der Waals surface area (Å²) in [5.41, 5.74) is 11.7. The highest BCUT2D eigenvalue weighted by atomic mass is 32.1. The highest BCUT2D eigenvalue weighted by molar-refractivity contribution is 7.25. The van der Waals surface area contributed by atoms with Crippen molar-refractivity contribution in [3.8, 4) is 16.8 Å². The van der Waals surface area contributed by atoms with Gasteiger partial charge in [-0.05, 0) is 96.1 Å². The van der Waals surface area contributed by atoms with Gasteiger partial charge in [-0.15, -0.1) is 11.3 Å². The van der Waals surface area contributed by atoms with E-state index in [0.29, 0.717) is 0 Å². The minimum absolute atomic E-state index is 1.12. The molecule has 11 rings (SSSR count). The second-order valence-corrected chi connectivity index (χ2v) is 14.5. The van der Waals surface area contributed by atoms with E-state index in [4.69, 9.17) is 0 Å². The van der Waals surface area contributed by atoms with Gasteiger partial charge < -0.3 is 14.5 Å². The number of hydrogen-bond acceptors (Lipinski definition) is 2. The van der Waals surface area contributed by atoms with Crippen molar-refractivity contribution in [2.75, 3.05) is 4.90 Å². The lowest BCUT2D eigenvalue weighted by atomic mass is 10.0. The fraction of sp³-hybridized carbons (Fsp3) is 0. The zero-order valence-electron chi connectivity index (χ0n) is 28.1. The van der Waals surface area contributed by atoms with Gasteiger partial charge in [-0.25, -0.2) is 0 Å². The third-order valence-electron chi connectivity index (χ3n) is 10.5. The van der Waals surface area contributed by atoms with Crippen LogP contribution in [0.1, 0.15) is 0 Å². The Hall–Kier alpha value is -6.62. The van der Waals surface area contributed by atoms with E-state index >= 15 is 0 Å². The Morgan fingerprint density at radius 2 is 1.08 bits per heavy atom. The van der Waals surface area contributed by atoms with Crippen LogP contribution < -0.4 is 4.90 Å². The molecule has 0 aliphatic carbocycles. The Bertz CT molecular complexity index is 3060. The van der Waals surface area contributed by atoms with Crippen molar-refractivity contribution >= 4 is 92.2 Å².